The van der Waals surface area contributed by atoms with Gasteiger partial charge < -0.3 is 5.11 Å². The van der Waals surface area contributed by atoms with Crippen molar-refractivity contribution in [1.29, 1.82) is 0 Å². The third-order valence-corrected chi connectivity index (χ3v) is 2.74. The van der Waals surface area contributed by atoms with Crippen LogP contribution in [-0.4, -0.2) is 10.9 Å². The zero-order valence-corrected chi connectivity index (χ0v) is 8.73. The molecule has 0 fully saturated rings. The number of ketones is 1. The molecule has 78 valence electrons. The molecule has 15 heavy (non-hydrogen) atoms. The number of aliphatic hydroxyl groups excluding tert-OH is 1. The van der Waals surface area contributed by atoms with Gasteiger partial charge in [-0.25, -0.2) is 0 Å². The third kappa shape index (κ3) is 2.27. The summed E-state index contributed by atoms with van der Waals surface area (Å²) in [5.41, 5.74) is 2.33. The lowest BCUT2D eigenvalue weighted by molar-refractivity contribution is -0.115. The molecule has 0 saturated carbocycles. The molecule has 1 unspecified atom stereocenters. The average Bonchev–Trinajstić information content (AvgIpc) is 2.16. The lowest BCUT2D eigenvalue weighted by Gasteiger charge is -2.19. The standard InChI is InChI=1S/C13H14O2/c1-9-3-2-4-10(5-9)11-6-12(14)8-13(15)7-11/h2-5,8,11,14H,6-7H2,1H3. The van der Waals surface area contributed by atoms with E-state index in [-0.39, 0.29) is 17.5 Å². The monoisotopic (exact) mass is 202 g/mol. The van der Waals surface area contributed by atoms with Crippen LogP contribution in [0.5, 0.6) is 0 Å². The first kappa shape index (κ1) is 9.97. The van der Waals surface area contributed by atoms with Crippen LogP contribution in [0.4, 0.5) is 0 Å². The molecule has 1 aromatic rings. The van der Waals surface area contributed by atoms with Crippen molar-refractivity contribution in [2.45, 2.75) is 25.7 Å². The number of hydrogen-bond acceptors (Lipinski definition) is 2. The molecule has 0 radical (unpaired) electrons. The van der Waals surface area contributed by atoms with Gasteiger partial charge in [-0.2, -0.15) is 0 Å². The van der Waals surface area contributed by atoms with Gasteiger partial charge in [-0.15, -0.1) is 0 Å². The van der Waals surface area contributed by atoms with Gasteiger partial charge in [-0.05, 0) is 18.4 Å². The summed E-state index contributed by atoms with van der Waals surface area (Å²) in [6.45, 7) is 2.03. The summed E-state index contributed by atoms with van der Waals surface area (Å²) in [5, 5.41) is 9.42. The van der Waals surface area contributed by atoms with E-state index in [2.05, 4.69) is 6.07 Å². The van der Waals surface area contributed by atoms with Gasteiger partial charge in [0.25, 0.3) is 0 Å². The number of benzene rings is 1. The highest BCUT2D eigenvalue weighted by atomic mass is 16.3. The molecule has 0 heterocycles. The molecule has 0 aromatic heterocycles. The highest BCUT2D eigenvalue weighted by Gasteiger charge is 2.21. The van der Waals surface area contributed by atoms with E-state index < -0.39 is 0 Å². The maximum atomic E-state index is 11.3. The highest BCUT2D eigenvalue weighted by molar-refractivity contribution is 5.91. The van der Waals surface area contributed by atoms with E-state index in [1.807, 2.05) is 25.1 Å². The summed E-state index contributed by atoms with van der Waals surface area (Å²) in [5.74, 6) is 0.366. The van der Waals surface area contributed by atoms with Gasteiger partial charge in [0.15, 0.2) is 5.78 Å². The third-order valence-electron chi connectivity index (χ3n) is 2.74. The minimum Gasteiger partial charge on any atom is -0.512 e. The van der Waals surface area contributed by atoms with Gasteiger partial charge in [0.05, 0.1) is 5.76 Å². The Labute approximate surface area is 89.2 Å². The Bertz CT molecular complexity index is 418. The molecule has 1 aromatic carbocycles. The predicted octanol–water partition coefficient (Wildman–Crippen LogP) is 2.88. The largest absolute Gasteiger partial charge is 0.512 e. The molecule has 0 amide bonds. The van der Waals surface area contributed by atoms with Crippen LogP contribution in [0.25, 0.3) is 0 Å². The smallest absolute Gasteiger partial charge is 0.159 e. The van der Waals surface area contributed by atoms with Crippen LogP contribution in [0.2, 0.25) is 0 Å². The molecule has 2 nitrogen and oxygen atoms in total. The van der Waals surface area contributed by atoms with Crippen LogP contribution < -0.4 is 0 Å². The molecular formula is C13H14O2. The van der Waals surface area contributed by atoms with Crippen LogP contribution in [0.3, 0.4) is 0 Å². The number of aliphatic hydroxyl groups is 1. The topological polar surface area (TPSA) is 37.3 Å². The van der Waals surface area contributed by atoms with E-state index in [9.17, 15) is 9.90 Å². The van der Waals surface area contributed by atoms with Crippen molar-refractivity contribution >= 4 is 5.78 Å². The molecule has 0 spiro atoms. The normalized spacial score (nSPS) is 21.3. The first-order valence-electron chi connectivity index (χ1n) is 5.14. The Kier molecular flexibility index (Phi) is 2.58. The van der Waals surface area contributed by atoms with E-state index in [1.54, 1.807) is 0 Å². The second kappa shape index (κ2) is 3.89. The molecule has 1 aliphatic carbocycles. The van der Waals surface area contributed by atoms with Gasteiger partial charge in [0, 0.05) is 18.9 Å². The molecule has 0 bridgehead atoms. The van der Waals surface area contributed by atoms with Gasteiger partial charge in [-0.3, -0.25) is 4.79 Å². The predicted molar refractivity (Wildman–Crippen MR) is 58.9 cm³/mol. The van der Waals surface area contributed by atoms with E-state index in [4.69, 9.17) is 0 Å². The van der Waals surface area contributed by atoms with Crippen molar-refractivity contribution < 1.29 is 9.90 Å². The summed E-state index contributed by atoms with van der Waals surface area (Å²) in [6.07, 6.45) is 2.43. The quantitative estimate of drug-likeness (QED) is 0.760. The van der Waals surface area contributed by atoms with Gasteiger partial charge in [0.1, 0.15) is 0 Å². The number of aryl methyl sites for hydroxylation is 1. The molecular weight excluding hydrogens is 188 g/mol. The summed E-state index contributed by atoms with van der Waals surface area (Å²) in [6, 6.07) is 8.12. The second-order valence-electron chi connectivity index (χ2n) is 4.12. The van der Waals surface area contributed by atoms with Gasteiger partial charge in [0.2, 0.25) is 0 Å². The van der Waals surface area contributed by atoms with E-state index in [1.165, 1.54) is 11.6 Å². The summed E-state index contributed by atoms with van der Waals surface area (Å²) in [7, 11) is 0. The summed E-state index contributed by atoms with van der Waals surface area (Å²) >= 11 is 0. The van der Waals surface area contributed by atoms with Crippen LogP contribution >= 0.6 is 0 Å². The summed E-state index contributed by atoms with van der Waals surface area (Å²) < 4.78 is 0. The van der Waals surface area contributed by atoms with E-state index in [0.29, 0.717) is 12.8 Å². The lowest BCUT2D eigenvalue weighted by atomic mass is 9.86. The van der Waals surface area contributed by atoms with E-state index in [0.717, 1.165) is 5.56 Å². The number of allylic oxidation sites excluding steroid dienone is 2. The zero-order valence-electron chi connectivity index (χ0n) is 8.73. The van der Waals surface area contributed by atoms with Crippen LogP contribution in [0.15, 0.2) is 36.1 Å². The Hall–Kier alpha value is -1.57. The van der Waals surface area contributed by atoms with Gasteiger partial charge in [-0.1, -0.05) is 29.8 Å². The molecule has 2 rings (SSSR count). The number of carbonyl (C=O) groups is 1. The van der Waals surface area contributed by atoms with Crippen molar-refractivity contribution in [3.8, 4) is 0 Å². The minimum atomic E-state index is 0.0188. The van der Waals surface area contributed by atoms with Gasteiger partial charge >= 0.3 is 0 Å². The van der Waals surface area contributed by atoms with Crippen molar-refractivity contribution in [3.05, 3.63) is 47.2 Å². The van der Waals surface area contributed by atoms with Crippen molar-refractivity contribution in [2.75, 3.05) is 0 Å². The fourth-order valence-corrected chi connectivity index (χ4v) is 2.03. The highest BCUT2D eigenvalue weighted by Crippen LogP contribution is 2.30. The molecule has 0 saturated heterocycles. The maximum Gasteiger partial charge on any atom is 0.159 e. The molecule has 0 aliphatic heterocycles. The van der Waals surface area contributed by atoms with E-state index >= 15 is 0 Å². The van der Waals surface area contributed by atoms with Crippen LogP contribution in [0, 0.1) is 6.92 Å². The molecule has 2 heteroatoms. The van der Waals surface area contributed by atoms with Crippen molar-refractivity contribution in [1.82, 2.24) is 0 Å². The minimum absolute atomic E-state index is 0.0188. The maximum absolute atomic E-state index is 11.3. The Morgan fingerprint density at radius 1 is 1.33 bits per heavy atom. The Morgan fingerprint density at radius 2 is 2.13 bits per heavy atom. The van der Waals surface area contributed by atoms with Crippen LogP contribution in [0.1, 0.15) is 29.9 Å². The lowest BCUT2D eigenvalue weighted by Crippen LogP contribution is -2.12. The average molecular weight is 202 g/mol. The fraction of sp³-hybridized carbons (Fsp3) is 0.308. The second-order valence-corrected chi connectivity index (χ2v) is 4.12. The number of hydrogen-bond donors (Lipinski definition) is 1. The van der Waals surface area contributed by atoms with Crippen molar-refractivity contribution in [3.63, 3.8) is 0 Å². The first-order chi connectivity index (χ1) is 7.15. The number of rotatable bonds is 1. The molecule has 1 aliphatic rings. The fourth-order valence-electron chi connectivity index (χ4n) is 2.03. The van der Waals surface area contributed by atoms with Crippen LogP contribution in [-0.2, 0) is 4.79 Å². The van der Waals surface area contributed by atoms with Crippen molar-refractivity contribution in [2.24, 2.45) is 0 Å². The molecule has 1 atom stereocenters. The zero-order chi connectivity index (χ0) is 10.8. The Balaban J connectivity index is 2.26. The molecule has 1 N–H and O–H groups in total. The number of carbonyl (C=O) groups excluding carboxylic acids is 1. The Morgan fingerprint density at radius 3 is 2.80 bits per heavy atom. The first-order valence-corrected chi connectivity index (χ1v) is 5.14. The SMILES string of the molecule is Cc1cccc(C2CC(=O)C=C(O)C2)c1. The summed E-state index contributed by atoms with van der Waals surface area (Å²) in [4.78, 5) is 11.3.